The molecule has 2 saturated heterocycles. The van der Waals surface area contributed by atoms with Crippen molar-refractivity contribution in [2.45, 2.75) is 46.1 Å². The Labute approximate surface area is 139 Å². The van der Waals surface area contributed by atoms with Gasteiger partial charge in [0.05, 0.1) is 13.2 Å². The van der Waals surface area contributed by atoms with E-state index in [1.54, 1.807) is 0 Å². The van der Waals surface area contributed by atoms with Gasteiger partial charge in [-0.25, -0.2) is 4.79 Å². The normalized spacial score (nSPS) is 21.7. The second kappa shape index (κ2) is 9.23. The number of morpholine rings is 1. The maximum atomic E-state index is 12.2. The largest absolute Gasteiger partial charge is 0.444 e. The fourth-order valence-corrected chi connectivity index (χ4v) is 3.19. The number of hydrogen-bond acceptors (Lipinski definition) is 4. The summed E-state index contributed by atoms with van der Waals surface area (Å²) in [6.07, 6.45) is 2.57. The van der Waals surface area contributed by atoms with Crippen LogP contribution in [0.5, 0.6) is 0 Å². The fraction of sp³-hybridized carbons (Fsp3) is 0.882. The van der Waals surface area contributed by atoms with Crippen LogP contribution in [-0.2, 0) is 9.47 Å². The van der Waals surface area contributed by atoms with Gasteiger partial charge >= 0.3 is 6.09 Å². The molecule has 1 amide bonds. The van der Waals surface area contributed by atoms with E-state index in [1.165, 1.54) is 6.42 Å². The van der Waals surface area contributed by atoms with Crippen LogP contribution in [0.4, 0.5) is 4.79 Å². The third-order valence-corrected chi connectivity index (χ3v) is 4.40. The van der Waals surface area contributed by atoms with E-state index in [1.807, 2.05) is 0 Å². The van der Waals surface area contributed by atoms with Crippen molar-refractivity contribution in [2.75, 3.05) is 45.9 Å². The van der Waals surface area contributed by atoms with Crippen LogP contribution in [0.2, 0.25) is 0 Å². The number of aliphatic imine (C=N–C) groups is 1. The minimum atomic E-state index is -0.436. The van der Waals surface area contributed by atoms with Crippen LogP contribution in [0, 0.1) is 5.92 Å². The van der Waals surface area contributed by atoms with Crippen molar-refractivity contribution in [3.05, 3.63) is 0 Å². The Bertz CT molecular complexity index is 398. The Balaban J connectivity index is 1.86. The topological polar surface area (TPSA) is 54.4 Å². The van der Waals surface area contributed by atoms with Gasteiger partial charge < -0.3 is 19.3 Å². The Hall–Kier alpha value is -1.14. The maximum Gasteiger partial charge on any atom is 0.435 e. The third-order valence-electron chi connectivity index (χ3n) is 4.40. The van der Waals surface area contributed by atoms with Crippen LogP contribution in [-0.4, -0.2) is 73.8 Å². The van der Waals surface area contributed by atoms with Gasteiger partial charge in [0.25, 0.3) is 0 Å². The van der Waals surface area contributed by atoms with Crippen LogP contribution >= 0.6 is 0 Å². The number of likely N-dealkylation sites (tertiary alicyclic amines) is 1. The molecule has 2 heterocycles. The Morgan fingerprint density at radius 2 is 1.87 bits per heavy atom. The van der Waals surface area contributed by atoms with Crippen molar-refractivity contribution >= 4 is 11.9 Å². The number of nitrogens with zero attached hydrogens (tertiary/aromatic N) is 3. The molecular weight excluding hydrogens is 294 g/mol. The van der Waals surface area contributed by atoms with Gasteiger partial charge in [-0.15, -0.1) is 0 Å². The smallest absolute Gasteiger partial charge is 0.435 e. The Morgan fingerprint density at radius 1 is 1.22 bits per heavy atom. The van der Waals surface area contributed by atoms with E-state index in [0.29, 0.717) is 13.2 Å². The van der Waals surface area contributed by atoms with Gasteiger partial charge in [0.1, 0.15) is 11.9 Å². The van der Waals surface area contributed by atoms with Crippen molar-refractivity contribution < 1.29 is 14.3 Å². The highest BCUT2D eigenvalue weighted by Crippen LogP contribution is 2.15. The van der Waals surface area contributed by atoms with Gasteiger partial charge in [0.2, 0.25) is 0 Å². The lowest BCUT2D eigenvalue weighted by atomic mass is 10.1. The van der Waals surface area contributed by atoms with E-state index in [9.17, 15) is 4.79 Å². The molecule has 2 rings (SSSR count). The molecule has 2 aliphatic heterocycles. The van der Waals surface area contributed by atoms with Gasteiger partial charge in [0, 0.05) is 32.1 Å². The molecule has 0 unspecified atom stereocenters. The predicted molar refractivity (Wildman–Crippen MR) is 90.9 cm³/mol. The SMILES string of the molecule is CCCN1CCC(OC(=O)/N=C(/C(C)C)N2CCOCC2)CC1. The summed E-state index contributed by atoms with van der Waals surface area (Å²) < 4.78 is 10.9. The number of piperidine rings is 1. The minimum absolute atomic E-state index is 0.0115. The lowest BCUT2D eigenvalue weighted by molar-refractivity contribution is 0.0546. The van der Waals surface area contributed by atoms with E-state index < -0.39 is 6.09 Å². The molecule has 6 nitrogen and oxygen atoms in total. The number of carbonyl (C=O) groups is 1. The molecule has 2 aliphatic rings. The number of ether oxygens (including phenoxy) is 2. The van der Waals surface area contributed by atoms with Crippen LogP contribution in [0.1, 0.15) is 40.0 Å². The van der Waals surface area contributed by atoms with Crippen molar-refractivity contribution in [3.8, 4) is 0 Å². The quantitative estimate of drug-likeness (QED) is 0.587. The molecule has 0 aromatic carbocycles. The number of amidine groups is 1. The first-order valence-corrected chi connectivity index (χ1v) is 8.94. The monoisotopic (exact) mass is 325 g/mol. The van der Waals surface area contributed by atoms with Crippen LogP contribution in [0.15, 0.2) is 4.99 Å². The summed E-state index contributed by atoms with van der Waals surface area (Å²) in [7, 11) is 0. The highest BCUT2D eigenvalue weighted by atomic mass is 16.6. The second-order valence-corrected chi connectivity index (χ2v) is 6.65. The van der Waals surface area contributed by atoms with Crippen molar-refractivity contribution in [2.24, 2.45) is 10.9 Å². The lowest BCUT2D eigenvalue weighted by Gasteiger charge is -2.32. The molecule has 0 aromatic rings. The summed E-state index contributed by atoms with van der Waals surface area (Å²) in [5.74, 6) is 1.02. The van der Waals surface area contributed by atoms with Crippen molar-refractivity contribution in [3.63, 3.8) is 0 Å². The number of carbonyl (C=O) groups excluding carboxylic acids is 1. The van der Waals surface area contributed by atoms with Gasteiger partial charge in [-0.3, -0.25) is 0 Å². The third kappa shape index (κ3) is 5.77. The maximum absolute atomic E-state index is 12.2. The van der Waals surface area contributed by atoms with Gasteiger partial charge in [-0.05, 0) is 25.8 Å². The molecule has 0 atom stereocenters. The van der Waals surface area contributed by atoms with E-state index in [2.05, 4.69) is 35.6 Å². The molecule has 0 aliphatic carbocycles. The van der Waals surface area contributed by atoms with Crippen molar-refractivity contribution in [1.82, 2.24) is 9.80 Å². The molecule has 132 valence electrons. The molecule has 0 N–H and O–H groups in total. The van der Waals surface area contributed by atoms with Crippen molar-refractivity contribution in [1.29, 1.82) is 0 Å². The second-order valence-electron chi connectivity index (χ2n) is 6.65. The predicted octanol–water partition coefficient (Wildman–Crippen LogP) is 2.38. The summed E-state index contributed by atoms with van der Waals surface area (Å²) >= 11 is 0. The molecular formula is C17H31N3O3. The van der Waals surface area contributed by atoms with E-state index in [0.717, 1.165) is 51.4 Å². The number of rotatable bonds is 4. The summed E-state index contributed by atoms with van der Waals surface area (Å²) in [6.45, 7) is 12.4. The first kappa shape index (κ1) is 18.2. The Morgan fingerprint density at radius 3 is 2.43 bits per heavy atom. The molecule has 2 fully saturated rings. The Kier molecular flexibility index (Phi) is 7.30. The van der Waals surface area contributed by atoms with E-state index in [-0.39, 0.29) is 12.0 Å². The van der Waals surface area contributed by atoms with Gasteiger partial charge in [0.15, 0.2) is 0 Å². The molecule has 6 heteroatoms. The molecule has 0 bridgehead atoms. The zero-order chi connectivity index (χ0) is 16.7. The van der Waals surface area contributed by atoms with Crippen LogP contribution in [0.3, 0.4) is 0 Å². The first-order valence-electron chi connectivity index (χ1n) is 8.94. The van der Waals surface area contributed by atoms with Gasteiger partial charge in [-0.2, -0.15) is 4.99 Å². The zero-order valence-electron chi connectivity index (χ0n) is 14.8. The van der Waals surface area contributed by atoms with Crippen LogP contribution < -0.4 is 0 Å². The summed E-state index contributed by atoms with van der Waals surface area (Å²) in [4.78, 5) is 21.0. The lowest BCUT2D eigenvalue weighted by Crippen LogP contribution is -2.43. The minimum Gasteiger partial charge on any atom is -0.444 e. The van der Waals surface area contributed by atoms with Crippen LogP contribution in [0.25, 0.3) is 0 Å². The molecule has 23 heavy (non-hydrogen) atoms. The highest BCUT2D eigenvalue weighted by molar-refractivity contribution is 5.93. The molecule has 0 spiro atoms. The van der Waals surface area contributed by atoms with Gasteiger partial charge in [-0.1, -0.05) is 20.8 Å². The highest BCUT2D eigenvalue weighted by Gasteiger charge is 2.24. The average Bonchev–Trinajstić information content (AvgIpc) is 2.55. The standard InChI is InChI=1S/C17H31N3O3/c1-4-7-19-8-5-15(6-9-19)23-17(21)18-16(14(2)3)20-10-12-22-13-11-20/h14-15H,4-13H2,1-3H3/b18-16-. The zero-order valence-corrected chi connectivity index (χ0v) is 14.8. The average molecular weight is 325 g/mol. The van der Waals surface area contributed by atoms with E-state index >= 15 is 0 Å². The molecule has 0 aromatic heterocycles. The fourth-order valence-electron chi connectivity index (χ4n) is 3.19. The summed E-state index contributed by atoms with van der Waals surface area (Å²) in [5, 5.41) is 0. The summed E-state index contributed by atoms with van der Waals surface area (Å²) in [5.41, 5.74) is 0. The first-order chi connectivity index (χ1) is 11.1. The van der Waals surface area contributed by atoms with E-state index in [4.69, 9.17) is 9.47 Å². The summed E-state index contributed by atoms with van der Waals surface area (Å²) in [6, 6.07) is 0. The number of hydrogen-bond donors (Lipinski definition) is 0. The molecule has 0 radical (unpaired) electrons. The number of amides is 1. The molecule has 0 saturated carbocycles.